The molecule has 6 amide bonds. The topological polar surface area (TPSA) is 261 Å². The van der Waals surface area contributed by atoms with E-state index in [1.165, 1.54) is 23.6 Å². The third-order valence-electron chi connectivity index (χ3n) is 9.90. The van der Waals surface area contributed by atoms with E-state index in [0.717, 1.165) is 0 Å². The highest BCUT2D eigenvalue weighted by molar-refractivity contribution is 5.97. The van der Waals surface area contributed by atoms with Gasteiger partial charge in [0, 0.05) is 13.1 Å². The Morgan fingerprint density at radius 1 is 0.692 bits per heavy atom. The molecule has 0 spiro atoms. The third kappa shape index (κ3) is 11.6. The van der Waals surface area contributed by atoms with Crippen molar-refractivity contribution in [3.8, 4) is 0 Å². The van der Waals surface area contributed by atoms with Crippen molar-refractivity contribution in [1.29, 1.82) is 0 Å². The SMILES string of the molecule is CC[C@H](C)[C@H](NC(=O)[C@@H]1CCCN1C(=O)[C@@H](N)C(C)C)C(=O)N[C@H](C(=O)N1CCC[C@H]1C(=O)N[C@H](C(=O)N[C@@H](CC(C)C)C(=O)O)[C@@H](C)O)[C@@H](C)O. The summed E-state index contributed by atoms with van der Waals surface area (Å²) in [6, 6.07) is -8.16. The maximum absolute atomic E-state index is 13.9. The molecule has 2 fully saturated rings. The maximum atomic E-state index is 13.9. The molecule has 2 aliphatic heterocycles. The number of hydrogen-bond donors (Lipinski definition) is 8. The lowest BCUT2D eigenvalue weighted by molar-refractivity contribution is -0.146. The summed E-state index contributed by atoms with van der Waals surface area (Å²) in [6.45, 7) is 13.8. The molecule has 296 valence electrons. The van der Waals surface area contributed by atoms with E-state index in [1.54, 1.807) is 20.8 Å². The molecule has 9 N–H and O–H groups in total. The van der Waals surface area contributed by atoms with Gasteiger partial charge >= 0.3 is 5.97 Å². The number of nitrogens with one attached hydrogen (secondary N) is 4. The molecule has 0 aromatic carbocycles. The Bertz CT molecular complexity index is 1290. The summed E-state index contributed by atoms with van der Waals surface area (Å²) in [5, 5.41) is 40.7. The molecule has 17 heteroatoms. The number of nitrogens with zero attached hydrogens (tertiary/aromatic N) is 2. The summed E-state index contributed by atoms with van der Waals surface area (Å²) in [6.07, 6.45) is -0.711. The van der Waals surface area contributed by atoms with Gasteiger partial charge in [-0.1, -0.05) is 48.0 Å². The second-order valence-electron chi connectivity index (χ2n) is 15.0. The number of amides is 6. The molecule has 2 heterocycles. The molecule has 2 aliphatic rings. The number of rotatable bonds is 18. The first-order valence-corrected chi connectivity index (χ1v) is 18.4. The Hall–Kier alpha value is -3.83. The first kappa shape index (κ1) is 44.3. The Balaban J connectivity index is 2.22. The fraction of sp³-hybridized carbons (Fsp3) is 0.800. The Morgan fingerprint density at radius 2 is 1.15 bits per heavy atom. The smallest absolute Gasteiger partial charge is 0.326 e. The predicted octanol–water partition coefficient (Wildman–Crippen LogP) is -1.17. The second kappa shape index (κ2) is 19.9. The average Bonchev–Trinajstić information content (AvgIpc) is 3.77. The number of aliphatic carboxylic acids is 1. The Morgan fingerprint density at radius 3 is 1.58 bits per heavy atom. The first-order valence-electron chi connectivity index (χ1n) is 18.4. The van der Waals surface area contributed by atoms with Crippen molar-refractivity contribution in [2.45, 2.75) is 148 Å². The van der Waals surface area contributed by atoms with Crippen LogP contribution >= 0.6 is 0 Å². The molecule has 0 saturated carbocycles. The van der Waals surface area contributed by atoms with Gasteiger partial charge in [0.1, 0.15) is 36.3 Å². The van der Waals surface area contributed by atoms with Gasteiger partial charge in [0.2, 0.25) is 35.4 Å². The number of carboxylic acid groups (broad SMARTS) is 1. The molecule has 0 aromatic rings. The molecule has 0 unspecified atom stereocenters. The highest BCUT2D eigenvalue weighted by Gasteiger charge is 2.43. The fourth-order valence-corrected chi connectivity index (χ4v) is 6.45. The van der Waals surface area contributed by atoms with E-state index in [9.17, 15) is 48.9 Å². The number of nitrogens with two attached hydrogens (primary N) is 1. The normalized spacial score (nSPS) is 22.1. The van der Waals surface area contributed by atoms with Crippen molar-refractivity contribution in [1.82, 2.24) is 31.1 Å². The fourth-order valence-electron chi connectivity index (χ4n) is 6.45. The van der Waals surface area contributed by atoms with Crippen LogP contribution in [0.2, 0.25) is 0 Å². The van der Waals surface area contributed by atoms with Crippen LogP contribution in [-0.4, -0.2) is 134 Å². The first-order chi connectivity index (χ1) is 24.2. The lowest BCUT2D eigenvalue weighted by Gasteiger charge is -2.33. The van der Waals surface area contributed by atoms with Gasteiger partial charge in [-0.05, 0) is 63.7 Å². The molecular formula is C35H61N7O10. The van der Waals surface area contributed by atoms with Gasteiger partial charge < -0.3 is 52.1 Å². The summed E-state index contributed by atoms with van der Waals surface area (Å²) in [7, 11) is 0. The van der Waals surface area contributed by atoms with E-state index in [1.807, 2.05) is 20.8 Å². The summed E-state index contributed by atoms with van der Waals surface area (Å²) >= 11 is 0. The highest BCUT2D eigenvalue weighted by atomic mass is 16.4. The number of carbonyl (C=O) groups is 7. The Kier molecular flexibility index (Phi) is 16.9. The van der Waals surface area contributed by atoms with Crippen molar-refractivity contribution in [3.05, 3.63) is 0 Å². The van der Waals surface area contributed by atoms with Crippen LogP contribution in [0.1, 0.15) is 93.9 Å². The Labute approximate surface area is 306 Å². The number of likely N-dealkylation sites (tertiary alicyclic amines) is 2. The molecule has 52 heavy (non-hydrogen) atoms. The lowest BCUT2D eigenvalue weighted by Crippen LogP contribution is -2.62. The predicted molar refractivity (Wildman–Crippen MR) is 190 cm³/mol. The summed E-state index contributed by atoms with van der Waals surface area (Å²) in [5.41, 5.74) is 6.08. The second-order valence-corrected chi connectivity index (χ2v) is 15.0. The number of aliphatic hydroxyl groups excluding tert-OH is 2. The van der Waals surface area contributed by atoms with E-state index in [4.69, 9.17) is 5.73 Å². The van der Waals surface area contributed by atoms with Crippen LogP contribution in [0.3, 0.4) is 0 Å². The van der Waals surface area contributed by atoms with Crippen LogP contribution in [0.5, 0.6) is 0 Å². The lowest BCUT2D eigenvalue weighted by atomic mass is 9.96. The minimum atomic E-state index is -1.53. The number of hydrogen-bond acceptors (Lipinski definition) is 10. The summed E-state index contributed by atoms with van der Waals surface area (Å²) in [5.74, 6) is -5.98. The van der Waals surface area contributed by atoms with E-state index in [0.29, 0.717) is 32.2 Å². The van der Waals surface area contributed by atoms with Crippen molar-refractivity contribution in [2.24, 2.45) is 23.5 Å². The average molecular weight is 740 g/mol. The van der Waals surface area contributed by atoms with E-state index in [2.05, 4.69) is 21.3 Å². The molecule has 17 nitrogen and oxygen atoms in total. The highest BCUT2D eigenvalue weighted by Crippen LogP contribution is 2.22. The maximum Gasteiger partial charge on any atom is 0.326 e. The van der Waals surface area contributed by atoms with Crippen LogP contribution in [0.15, 0.2) is 0 Å². The van der Waals surface area contributed by atoms with Gasteiger partial charge in [0.25, 0.3) is 0 Å². The number of carboxylic acids is 1. The van der Waals surface area contributed by atoms with Crippen molar-refractivity contribution < 1.29 is 48.9 Å². The van der Waals surface area contributed by atoms with Gasteiger partial charge in [-0.3, -0.25) is 28.8 Å². The van der Waals surface area contributed by atoms with Crippen LogP contribution in [-0.2, 0) is 33.6 Å². The monoisotopic (exact) mass is 739 g/mol. The van der Waals surface area contributed by atoms with Crippen LogP contribution in [0.4, 0.5) is 0 Å². The zero-order chi connectivity index (χ0) is 39.6. The summed E-state index contributed by atoms with van der Waals surface area (Å²) < 4.78 is 0. The van der Waals surface area contributed by atoms with Gasteiger partial charge in [0.15, 0.2) is 0 Å². The molecule has 2 saturated heterocycles. The standard InChI is InChI=1S/C35H61N7O10/c1-9-19(6)26(38-29(45)23-12-10-14-41(23)33(49)25(36)18(4)5)31(47)40-28(21(8)44)34(50)42-15-11-13-24(42)30(46)39-27(20(7)43)32(48)37-22(35(51)52)16-17(2)3/h17-28,43-44H,9-16,36H2,1-8H3,(H,37,48)(H,38,45)(H,39,46)(H,40,47)(H,51,52)/t19-,20+,21+,22-,23-,24-,25-,26-,27-,28-/m0/s1. The van der Waals surface area contributed by atoms with Gasteiger partial charge in [-0.2, -0.15) is 0 Å². The minimum absolute atomic E-state index is 0.0690. The molecule has 0 aromatic heterocycles. The van der Waals surface area contributed by atoms with Gasteiger partial charge in [-0.25, -0.2) is 4.79 Å². The molecule has 10 atom stereocenters. The quantitative estimate of drug-likeness (QED) is 0.0831. The van der Waals surface area contributed by atoms with Crippen LogP contribution in [0.25, 0.3) is 0 Å². The van der Waals surface area contributed by atoms with Gasteiger partial charge in [-0.15, -0.1) is 0 Å². The van der Waals surface area contributed by atoms with Crippen LogP contribution < -0.4 is 27.0 Å². The van der Waals surface area contributed by atoms with Crippen molar-refractivity contribution >= 4 is 41.4 Å². The number of carbonyl (C=O) groups excluding carboxylic acids is 6. The third-order valence-corrected chi connectivity index (χ3v) is 9.90. The largest absolute Gasteiger partial charge is 0.480 e. The zero-order valence-electron chi connectivity index (χ0n) is 31.8. The summed E-state index contributed by atoms with van der Waals surface area (Å²) in [4.78, 5) is 95.0. The van der Waals surface area contributed by atoms with Gasteiger partial charge in [0.05, 0.1) is 18.2 Å². The molecule has 0 aliphatic carbocycles. The molecule has 2 rings (SSSR count). The van der Waals surface area contributed by atoms with Crippen LogP contribution in [0, 0.1) is 17.8 Å². The van der Waals surface area contributed by atoms with E-state index < -0.39 is 95.9 Å². The molecule has 0 radical (unpaired) electrons. The van der Waals surface area contributed by atoms with E-state index >= 15 is 0 Å². The number of aliphatic hydroxyl groups is 2. The van der Waals surface area contributed by atoms with Crippen molar-refractivity contribution in [3.63, 3.8) is 0 Å². The van der Waals surface area contributed by atoms with Crippen molar-refractivity contribution in [2.75, 3.05) is 13.1 Å². The molecule has 0 bridgehead atoms. The zero-order valence-corrected chi connectivity index (χ0v) is 31.8. The van der Waals surface area contributed by atoms with E-state index in [-0.39, 0.29) is 37.1 Å². The molecular weight excluding hydrogens is 678 g/mol. The minimum Gasteiger partial charge on any atom is -0.480 e.